The highest BCUT2D eigenvalue weighted by atomic mass is 16.5. The van der Waals surface area contributed by atoms with E-state index in [1.165, 1.54) is 7.11 Å². The predicted molar refractivity (Wildman–Crippen MR) is 92.1 cm³/mol. The molecule has 0 radical (unpaired) electrons. The lowest BCUT2D eigenvalue weighted by molar-refractivity contribution is 0.0594. The smallest absolute Gasteiger partial charge is 0.356 e. The standard InChI is InChI=1S/C16H18N6O3/c1-24-16(23)14-4-2-3-13(21-14)12-5-6-18-15(11-12)19-7-9-25-10-8-20-22-17/h2-6,11H,7-10H2,1H3,(H,18,19). The van der Waals surface area contributed by atoms with E-state index in [2.05, 4.69) is 30.0 Å². The summed E-state index contributed by atoms with van der Waals surface area (Å²) in [7, 11) is 1.32. The molecule has 0 bridgehead atoms. The van der Waals surface area contributed by atoms with E-state index in [0.717, 1.165) is 5.56 Å². The van der Waals surface area contributed by atoms with Crippen LogP contribution in [-0.4, -0.2) is 49.4 Å². The van der Waals surface area contributed by atoms with Crippen molar-refractivity contribution in [1.29, 1.82) is 0 Å². The number of azide groups is 1. The second-order valence-corrected chi connectivity index (χ2v) is 4.82. The molecule has 0 spiro atoms. The van der Waals surface area contributed by atoms with Gasteiger partial charge in [-0.3, -0.25) is 0 Å². The van der Waals surface area contributed by atoms with Crippen molar-refractivity contribution in [2.45, 2.75) is 0 Å². The molecular formula is C16H18N6O3. The molecule has 0 saturated heterocycles. The van der Waals surface area contributed by atoms with Crippen molar-refractivity contribution in [2.75, 3.05) is 38.7 Å². The van der Waals surface area contributed by atoms with Crippen LogP contribution in [0.1, 0.15) is 10.5 Å². The van der Waals surface area contributed by atoms with Gasteiger partial charge in [-0.2, -0.15) is 0 Å². The van der Waals surface area contributed by atoms with Gasteiger partial charge in [0, 0.05) is 29.8 Å². The largest absolute Gasteiger partial charge is 0.464 e. The number of aromatic nitrogens is 2. The number of ether oxygens (including phenoxy) is 2. The predicted octanol–water partition coefficient (Wildman–Crippen LogP) is 2.67. The Morgan fingerprint density at radius 1 is 1.36 bits per heavy atom. The molecule has 0 aliphatic heterocycles. The maximum atomic E-state index is 11.6. The van der Waals surface area contributed by atoms with Crippen molar-refractivity contribution in [1.82, 2.24) is 9.97 Å². The number of nitrogens with zero attached hydrogens (tertiary/aromatic N) is 5. The van der Waals surface area contributed by atoms with Crippen LogP contribution < -0.4 is 5.32 Å². The van der Waals surface area contributed by atoms with Gasteiger partial charge in [-0.05, 0) is 29.8 Å². The Balaban J connectivity index is 1.94. The monoisotopic (exact) mass is 342 g/mol. The first kappa shape index (κ1) is 18.2. The quantitative estimate of drug-likeness (QED) is 0.246. The zero-order valence-corrected chi connectivity index (χ0v) is 13.8. The van der Waals surface area contributed by atoms with Crippen LogP contribution in [-0.2, 0) is 9.47 Å². The normalized spacial score (nSPS) is 9.96. The first-order chi connectivity index (χ1) is 12.2. The Hall–Kier alpha value is -3.16. The van der Waals surface area contributed by atoms with Crippen LogP contribution in [0, 0.1) is 0 Å². The Kier molecular flexibility index (Phi) is 7.17. The van der Waals surface area contributed by atoms with Gasteiger partial charge in [-0.1, -0.05) is 11.2 Å². The highest BCUT2D eigenvalue weighted by Crippen LogP contribution is 2.19. The molecule has 0 saturated carbocycles. The second-order valence-electron chi connectivity index (χ2n) is 4.82. The lowest BCUT2D eigenvalue weighted by Crippen LogP contribution is -2.11. The molecule has 1 N–H and O–H groups in total. The third kappa shape index (κ3) is 5.76. The van der Waals surface area contributed by atoms with E-state index in [0.29, 0.717) is 37.8 Å². The Labute approximate surface area is 144 Å². The summed E-state index contributed by atoms with van der Waals surface area (Å²) in [6.07, 6.45) is 1.66. The summed E-state index contributed by atoms with van der Waals surface area (Å²) in [5.74, 6) is 0.188. The number of pyridine rings is 2. The molecule has 2 rings (SSSR count). The summed E-state index contributed by atoms with van der Waals surface area (Å²) >= 11 is 0. The van der Waals surface area contributed by atoms with E-state index in [-0.39, 0.29) is 5.69 Å². The molecule has 130 valence electrons. The van der Waals surface area contributed by atoms with Gasteiger partial charge in [-0.25, -0.2) is 14.8 Å². The molecule has 0 unspecified atom stereocenters. The van der Waals surface area contributed by atoms with Crippen LogP contribution in [0.4, 0.5) is 5.82 Å². The van der Waals surface area contributed by atoms with Crippen LogP contribution in [0.5, 0.6) is 0 Å². The second kappa shape index (κ2) is 9.86. The first-order valence-corrected chi connectivity index (χ1v) is 7.59. The summed E-state index contributed by atoms with van der Waals surface area (Å²) in [5.41, 5.74) is 9.88. The maximum absolute atomic E-state index is 11.6. The number of carbonyl (C=O) groups excluding carboxylic acids is 1. The molecule has 25 heavy (non-hydrogen) atoms. The highest BCUT2D eigenvalue weighted by Gasteiger charge is 2.09. The number of rotatable bonds is 9. The Bertz CT molecular complexity index is 761. The van der Waals surface area contributed by atoms with Gasteiger partial charge in [0.25, 0.3) is 0 Å². The minimum atomic E-state index is -0.480. The topological polar surface area (TPSA) is 122 Å². The summed E-state index contributed by atoms with van der Waals surface area (Å²) in [4.78, 5) is 22.8. The summed E-state index contributed by atoms with van der Waals surface area (Å²) < 4.78 is 9.99. The molecule has 0 aromatic carbocycles. The van der Waals surface area contributed by atoms with Crippen LogP contribution in [0.15, 0.2) is 41.6 Å². The Morgan fingerprint density at radius 3 is 3.04 bits per heavy atom. The van der Waals surface area contributed by atoms with Crippen molar-refractivity contribution in [3.63, 3.8) is 0 Å². The number of hydrogen-bond donors (Lipinski definition) is 1. The van der Waals surface area contributed by atoms with Gasteiger partial charge < -0.3 is 14.8 Å². The third-order valence-corrected chi connectivity index (χ3v) is 3.15. The molecule has 2 aromatic heterocycles. The number of carbonyl (C=O) groups is 1. The van der Waals surface area contributed by atoms with Crippen molar-refractivity contribution in [3.05, 3.63) is 52.7 Å². The molecule has 2 aromatic rings. The lowest BCUT2D eigenvalue weighted by Gasteiger charge is -2.08. The van der Waals surface area contributed by atoms with Crippen molar-refractivity contribution in [2.24, 2.45) is 5.11 Å². The number of hydrogen-bond acceptors (Lipinski definition) is 7. The Morgan fingerprint density at radius 2 is 2.24 bits per heavy atom. The average Bonchev–Trinajstić information content (AvgIpc) is 2.67. The SMILES string of the molecule is COC(=O)c1cccc(-c2ccnc(NCCOCCN=[N+]=[N-])c2)n1. The van der Waals surface area contributed by atoms with E-state index < -0.39 is 5.97 Å². The van der Waals surface area contributed by atoms with Gasteiger partial charge in [-0.15, -0.1) is 0 Å². The molecule has 0 aliphatic rings. The number of nitrogens with one attached hydrogen (secondary N) is 1. The maximum Gasteiger partial charge on any atom is 0.356 e. The van der Waals surface area contributed by atoms with Crippen LogP contribution in [0.2, 0.25) is 0 Å². The van der Waals surface area contributed by atoms with Gasteiger partial charge in [0.2, 0.25) is 0 Å². The van der Waals surface area contributed by atoms with Crippen molar-refractivity contribution < 1.29 is 14.3 Å². The van der Waals surface area contributed by atoms with E-state index in [4.69, 9.17) is 10.3 Å². The molecular weight excluding hydrogens is 324 g/mol. The summed E-state index contributed by atoms with van der Waals surface area (Å²) in [6.45, 7) is 1.71. The molecule has 0 atom stereocenters. The van der Waals surface area contributed by atoms with E-state index in [9.17, 15) is 4.79 Å². The van der Waals surface area contributed by atoms with Crippen LogP contribution in [0.25, 0.3) is 21.7 Å². The zero-order valence-electron chi connectivity index (χ0n) is 13.8. The molecule has 0 amide bonds. The molecule has 0 fully saturated rings. The minimum Gasteiger partial charge on any atom is -0.464 e. The van der Waals surface area contributed by atoms with Crippen molar-refractivity contribution >= 4 is 11.8 Å². The summed E-state index contributed by atoms with van der Waals surface area (Å²) in [6, 6.07) is 8.81. The average molecular weight is 342 g/mol. The van der Waals surface area contributed by atoms with Crippen LogP contribution in [0.3, 0.4) is 0 Å². The highest BCUT2D eigenvalue weighted by molar-refractivity contribution is 5.87. The fraction of sp³-hybridized carbons (Fsp3) is 0.312. The van der Waals surface area contributed by atoms with E-state index in [1.807, 2.05) is 18.2 Å². The minimum absolute atomic E-state index is 0.250. The van der Waals surface area contributed by atoms with Crippen LogP contribution >= 0.6 is 0 Å². The fourth-order valence-electron chi connectivity index (χ4n) is 2.00. The van der Waals surface area contributed by atoms with Gasteiger partial charge in [0.05, 0.1) is 26.0 Å². The lowest BCUT2D eigenvalue weighted by atomic mass is 10.1. The molecule has 0 aliphatic carbocycles. The molecule has 9 nitrogen and oxygen atoms in total. The van der Waals surface area contributed by atoms with Gasteiger partial charge in [0.15, 0.2) is 0 Å². The molecule has 9 heteroatoms. The van der Waals surface area contributed by atoms with Crippen molar-refractivity contribution in [3.8, 4) is 11.3 Å². The number of anilines is 1. The molecule has 2 heterocycles. The number of esters is 1. The van der Waals surface area contributed by atoms with Gasteiger partial charge in [0.1, 0.15) is 11.5 Å². The first-order valence-electron chi connectivity index (χ1n) is 7.59. The van der Waals surface area contributed by atoms with Gasteiger partial charge >= 0.3 is 5.97 Å². The fourth-order valence-corrected chi connectivity index (χ4v) is 2.00. The summed E-state index contributed by atoms with van der Waals surface area (Å²) in [5, 5.41) is 6.52. The van der Waals surface area contributed by atoms with E-state index in [1.54, 1.807) is 18.3 Å². The number of methoxy groups -OCH3 is 1. The zero-order chi connectivity index (χ0) is 17.9. The third-order valence-electron chi connectivity index (χ3n) is 3.15. The van der Waals surface area contributed by atoms with E-state index >= 15 is 0 Å².